The maximum absolute atomic E-state index is 14.2. The molecule has 1 saturated carbocycles. The third kappa shape index (κ3) is 4.23. The summed E-state index contributed by atoms with van der Waals surface area (Å²) in [5, 5.41) is 61.6. The van der Waals surface area contributed by atoms with Gasteiger partial charge in [0.1, 0.15) is 22.8 Å². The molecule has 8 N–H and O–H groups in total. The Bertz CT molecular complexity index is 1600. The van der Waals surface area contributed by atoms with Crippen molar-refractivity contribution in [3.8, 4) is 5.75 Å². The number of benzene rings is 1. The van der Waals surface area contributed by atoms with Crippen LogP contribution in [0.1, 0.15) is 36.0 Å². The first-order chi connectivity index (χ1) is 20.8. The number of hydrogen-bond donors (Lipinski definition) is 7. The van der Waals surface area contributed by atoms with Crippen molar-refractivity contribution in [1.29, 1.82) is 0 Å². The third-order valence-electron chi connectivity index (χ3n) is 9.96. The van der Waals surface area contributed by atoms with Gasteiger partial charge in [0.25, 0.3) is 5.91 Å². The fraction of sp³-hybridized carbons (Fsp3) is 0.469. The van der Waals surface area contributed by atoms with Crippen molar-refractivity contribution in [2.24, 2.45) is 17.6 Å². The number of piperidine rings is 1. The fourth-order valence-corrected chi connectivity index (χ4v) is 7.72. The zero-order valence-corrected chi connectivity index (χ0v) is 24.9. The van der Waals surface area contributed by atoms with Gasteiger partial charge in [-0.25, -0.2) is 0 Å². The first-order valence-corrected chi connectivity index (χ1v) is 14.8. The predicted octanol–water partition coefficient (Wildman–Crippen LogP) is 0.784. The number of phenolic OH excluding ortho intramolecular Hbond substituents is 1. The van der Waals surface area contributed by atoms with Crippen molar-refractivity contribution >= 4 is 34.5 Å². The zero-order valence-electron chi connectivity index (χ0n) is 24.9. The maximum atomic E-state index is 14.2. The molecule has 2 fully saturated rings. The SMILES string of the molecule is CN1CCC(Nc2cc(C3=CCC=C3)c3c(c2O)C(O)=C2C(=O)[C@]4(O)C(O)=C(C(N)=O)C(=O)[C@@H](N(C)C)[C@@H]4[C@@H](O)[C@@H]2C3)CC1. The van der Waals surface area contributed by atoms with E-state index in [4.69, 9.17) is 5.73 Å². The van der Waals surface area contributed by atoms with Crippen LogP contribution in [0.3, 0.4) is 0 Å². The number of aliphatic hydroxyl groups is 4. The van der Waals surface area contributed by atoms with E-state index in [2.05, 4.69) is 10.2 Å². The number of anilines is 1. The number of phenols is 1. The molecule has 0 bridgehead atoms. The molecule has 234 valence electrons. The van der Waals surface area contributed by atoms with Crippen LogP contribution in [0.4, 0.5) is 5.69 Å². The predicted molar refractivity (Wildman–Crippen MR) is 162 cm³/mol. The summed E-state index contributed by atoms with van der Waals surface area (Å²) in [6.07, 6.45) is 6.61. The number of nitrogens with one attached hydrogen (secondary N) is 1. The standard InChI is InChI=1S/C32H38N4O8/c1-35(2)24-23-25(37)18-12-17-16(14-6-4-5-7-14)13-19(34-15-8-10-36(3)11-9-15)26(38)20(17)27(39)21(18)29(41)32(23,44)30(42)22(28(24)40)31(33)43/h4,6-7,13,15,18,23-25,34,37-39,42,44H,5,8-12H2,1-3H3,(H2,33,43)/t18-,23-,24+,25+,32+/m1/s1. The highest BCUT2D eigenvalue weighted by Gasteiger charge is 2.67. The van der Waals surface area contributed by atoms with Crippen LogP contribution in [0.25, 0.3) is 11.3 Å². The summed E-state index contributed by atoms with van der Waals surface area (Å²) >= 11 is 0. The summed E-state index contributed by atoms with van der Waals surface area (Å²) in [6, 6.07) is 0.482. The van der Waals surface area contributed by atoms with Gasteiger partial charge < -0.3 is 41.5 Å². The van der Waals surface area contributed by atoms with Crippen molar-refractivity contribution in [1.82, 2.24) is 9.80 Å². The van der Waals surface area contributed by atoms with Crippen LogP contribution < -0.4 is 11.1 Å². The van der Waals surface area contributed by atoms with Gasteiger partial charge in [-0.3, -0.25) is 19.3 Å². The molecule has 4 aliphatic carbocycles. The van der Waals surface area contributed by atoms with Crippen LogP contribution in [-0.2, 0) is 20.8 Å². The fourth-order valence-electron chi connectivity index (χ4n) is 7.72. The number of fused-ring (bicyclic) bond motifs is 3. The zero-order chi connectivity index (χ0) is 31.8. The molecule has 1 aromatic carbocycles. The topological polar surface area (TPSA) is 197 Å². The van der Waals surface area contributed by atoms with Crippen LogP contribution in [-0.4, -0.2) is 111 Å². The molecule has 12 heteroatoms. The van der Waals surface area contributed by atoms with Gasteiger partial charge in [0.2, 0.25) is 5.78 Å². The van der Waals surface area contributed by atoms with E-state index in [0.29, 0.717) is 23.2 Å². The molecule has 1 saturated heterocycles. The van der Waals surface area contributed by atoms with E-state index in [9.17, 15) is 39.9 Å². The van der Waals surface area contributed by atoms with Gasteiger partial charge in [0.15, 0.2) is 11.4 Å². The minimum Gasteiger partial charge on any atom is -0.508 e. The molecular formula is C32H38N4O8. The summed E-state index contributed by atoms with van der Waals surface area (Å²) in [7, 11) is 5.00. The number of allylic oxidation sites excluding steroid dienone is 4. The summed E-state index contributed by atoms with van der Waals surface area (Å²) in [4.78, 5) is 43.4. The molecule has 1 amide bonds. The average molecular weight is 607 g/mol. The summed E-state index contributed by atoms with van der Waals surface area (Å²) in [5.74, 6) is -8.32. The number of primary amides is 1. The number of aliphatic hydroxyl groups excluding tert-OH is 3. The lowest BCUT2D eigenvalue weighted by molar-refractivity contribution is -0.168. The number of likely N-dealkylation sites (tertiary alicyclic amines) is 1. The smallest absolute Gasteiger partial charge is 0.255 e. The van der Waals surface area contributed by atoms with Gasteiger partial charge in [-0.15, -0.1) is 0 Å². The number of nitrogens with zero attached hydrogens (tertiary/aromatic N) is 2. The second-order valence-corrected chi connectivity index (χ2v) is 12.7. The molecule has 5 atom stereocenters. The molecule has 1 heterocycles. The summed E-state index contributed by atoms with van der Waals surface area (Å²) in [5.41, 5.74) is 3.52. The Balaban J connectivity index is 1.55. The lowest BCUT2D eigenvalue weighted by atomic mass is 9.56. The molecule has 5 aliphatic rings. The second kappa shape index (κ2) is 10.6. The van der Waals surface area contributed by atoms with Gasteiger partial charge in [-0.2, -0.15) is 0 Å². The van der Waals surface area contributed by atoms with E-state index in [1.54, 1.807) is 0 Å². The number of amides is 1. The van der Waals surface area contributed by atoms with Gasteiger partial charge in [0.05, 0.1) is 29.3 Å². The van der Waals surface area contributed by atoms with Crippen molar-refractivity contribution in [2.75, 3.05) is 39.5 Å². The van der Waals surface area contributed by atoms with E-state index in [1.165, 1.54) is 19.0 Å². The van der Waals surface area contributed by atoms with E-state index in [-0.39, 0.29) is 23.8 Å². The number of carbonyl (C=O) groups excluding carboxylic acids is 3. The molecule has 1 aromatic rings. The largest absolute Gasteiger partial charge is 0.508 e. The van der Waals surface area contributed by atoms with E-state index >= 15 is 0 Å². The molecule has 0 radical (unpaired) electrons. The van der Waals surface area contributed by atoms with Gasteiger partial charge in [-0.05, 0) is 82.7 Å². The molecule has 1 aliphatic heterocycles. The number of hydrogen-bond acceptors (Lipinski definition) is 11. The van der Waals surface area contributed by atoms with Crippen molar-refractivity contribution < 1.29 is 39.9 Å². The molecular weight excluding hydrogens is 568 g/mol. The lowest BCUT2D eigenvalue weighted by Gasteiger charge is -2.52. The number of rotatable bonds is 5. The Kier molecular flexibility index (Phi) is 7.23. The second-order valence-electron chi connectivity index (χ2n) is 12.7. The minimum absolute atomic E-state index is 0.0115. The third-order valence-corrected chi connectivity index (χ3v) is 9.96. The van der Waals surface area contributed by atoms with Crippen LogP contribution in [0.5, 0.6) is 5.75 Å². The van der Waals surface area contributed by atoms with E-state index in [0.717, 1.165) is 31.5 Å². The van der Waals surface area contributed by atoms with Gasteiger partial charge in [-0.1, -0.05) is 18.2 Å². The molecule has 12 nitrogen and oxygen atoms in total. The van der Waals surface area contributed by atoms with Crippen molar-refractivity contribution in [3.63, 3.8) is 0 Å². The number of nitrogens with two attached hydrogens (primary N) is 1. The Hall–Kier alpha value is -3.97. The highest BCUT2D eigenvalue weighted by molar-refractivity contribution is 6.24. The number of Topliss-reactive ketones (excluding diaryl/α,β-unsaturated/α-hetero) is 2. The number of ketones is 2. The highest BCUT2D eigenvalue weighted by Crippen LogP contribution is 2.54. The van der Waals surface area contributed by atoms with E-state index < -0.39 is 69.7 Å². The molecule has 44 heavy (non-hydrogen) atoms. The lowest BCUT2D eigenvalue weighted by Crippen LogP contribution is -2.70. The first kappa shape index (κ1) is 30.1. The maximum Gasteiger partial charge on any atom is 0.255 e. The number of aromatic hydroxyl groups is 1. The Morgan fingerprint density at radius 3 is 2.43 bits per heavy atom. The average Bonchev–Trinajstić information content (AvgIpc) is 3.50. The monoisotopic (exact) mass is 606 g/mol. The normalized spacial score (nSPS) is 30.8. The van der Waals surface area contributed by atoms with Gasteiger partial charge in [0, 0.05) is 17.5 Å². The van der Waals surface area contributed by atoms with Crippen LogP contribution in [0.2, 0.25) is 0 Å². The molecule has 6 rings (SSSR count). The highest BCUT2D eigenvalue weighted by atomic mass is 16.4. The quantitative estimate of drug-likeness (QED) is 0.185. The summed E-state index contributed by atoms with van der Waals surface area (Å²) < 4.78 is 0. The first-order valence-electron chi connectivity index (χ1n) is 14.8. The van der Waals surface area contributed by atoms with Crippen LogP contribution in [0, 0.1) is 11.8 Å². The molecule has 0 aromatic heterocycles. The molecule has 0 spiro atoms. The number of likely N-dealkylation sites (N-methyl/N-ethyl adjacent to an activating group) is 1. The molecule has 0 unspecified atom stereocenters. The van der Waals surface area contributed by atoms with Crippen molar-refractivity contribution in [2.45, 2.75) is 49.5 Å². The van der Waals surface area contributed by atoms with Crippen molar-refractivity contribution in [3.05, 3.63) is 57.9 Å². The van der Waals surface area contributed by atoms with Crippen LogP contribution >= 0.6 is 0 Å². The minimum atomic E-state index is -2.94. The van der Waals surface area contributed by atoms with Crippen LogP contribution in [0.15, 0.2) is 41.2 Å². The Morgan fingerprint density at radius 1 is 1.16 bits per heavy atom. The van der Waals surface area contributed by atoms with E-state index in [1.807, 2.05) is 31.3 Å². The number of carbonyl (C=O) groups is 3. The van der Waals surface area contributed by atoms with Gasteiger partial charge >= 0.3 is 0 Å². The Morgan fingerprint density at radius 2 is 1.84 bits per heavy atom. The Labute approximate surface area is 254 Å². The summed E-state index contributed by atoms with van der Waals surface area (Å²) in [6.45, 7) is 1.74.